The lowest BCUT2D eigenvalue weighted by molar-refractivity contribution is -0.128. The van der Waals surface area contributed by atoms with E-state index in [4.69, 9.17) is 5.26 Å². The molecule has 1 unspecified atom stereocenters. The van der Waals surface area contributed by atoms with Crippen LogP contribution in [0.4, 0.5) is 0 Å². The van der Waals surface area contributed by atoms with E-state index in [1.165, 1.54) is 0 Å². The Kier molecular flexibility index (Phi) is 2.34. The van der Waals surface area contributed by atoms with Crippen LogP contribution < -0.4 is 5.32 Å². The van der Waals surface area contributed by atoms with Gasteiger partial charge in [0.1, 0.15) is 5.41 Å². The molecule has 1 aliphatic carbocycles. The molecule has 0 saturated heterocycles. The van der Waals surface area contributed by atoms with Gasteiger partial charge < -0.3 is 5.32 Å². The first-order valence-electron chi connectivity index (χ1n) is 4.70. The van der Waals surface area contributed by atoms with Gasteiger partial charge in [0.15, 0.2) is 0 Å². The maximum absolute atomic E-state index is 11.6. The van der Waals surface area contributed by atoms with Crippen molar-refractivity contribution >= 4 is 5.91 Å². The number of hydrogen-bond acceptors (Lipinski definition) is 2. The first-order chi connectivity index (χ1) is 5.96. The van der Waals surface area contributed by atoms with Crippen LogP contribution in [0.5, 0.6) is 0 Å². The van der Waals surface area contributed by atoms with Crippen LogP contribution in [-0.4, -0.2) is 11.4 Å². The number of nitriles is 1. The van der Waals surface area contributed by atoms with Crippen molar-refractivity contribution in [3.05, 3.63) is 0 Å². The van der Waals surface area contributed by atoms with Crippen molar-refractivity contribution in [2.45, 2.75) is 45.6 Å². The van der Waals surface area contributed by atoms with Crippen molar-refractivity contribution in [1.29, 1.82) is 5.26 Å². The minimum absolute atomic E-state index is 0.0234. The van der Waals surface area contributed by atoms with Gasteiger partial charge in [-0.05, 0) is 33.1 Å². The number of carbonyl (C=O) groups is 1. The molecule has 0 aliphatic heterocycles. The Morgan fingerprint density at radius 2 is 2.23 bits per heavy atom. The van der Waals surface area contributed by atoms with Crippen LogP contribution in [0.15, 0.2) is 0 Å². The third-order valence-corrected chi connectivity index (χ3v) is 2.87. The Bertz CT molecular complexity index is 263. The van der Waals surface area contributed by atoms with Gasteiger partial charge in [-0.3, -0.25) is 4.79 Å². The fourth-order valence-electron chi connectivity index (χ4n) is 1.01. The zero-order valence-corrected chi connectivity index (χ0v) is 8.48. The molecule has 1 rings (SSSR count). The monoisotopic (exact) mass is 180 g/mol. The summed E-state index contributed by atoms with van der Waals surface area (Å²) < 4.78 is 0. The highest BCUT2D eigenvalue weighted by Gasteiger charge is 2.42. The molecule has 0 spiro atoms. The van der Waals surface area contributed by atoms with E-state index in [0.29, 0.717) is 6.42 Å². The topological polar surface area (TPSA) is 52.9 Å². The molecule has 3 nitrogen and oxygen atoms in total. The summed E-state index contributed by atoms with van der Waals surface area (Å²) in [6, 6.07) is 2.07. The Morgan fingerprint density at radius 1 is 1.69 bits per heavy atom. The molecule has 3 heteroatoms. The summed E-state index contributed by atoms with van der Waals surface area (Å²) in [6.45, 7) is 5.56. The molecule has 13 heavy (non-hydrogen) atoms. The Labute approximate surface area is 79.1 Å². The van der Waals surface area contributed by atoms with Crippen LogP contribution >= 0.6 is 0 Å². The van der Waals surface area contributed by atoms with E-state index in [9.17, 15) is 4.79 Å². The minimum Gasteiger partial charge on any atom is -0.350 e. The minimum atomic E-state index is -0.856. The lowest BCUT2D eigenvalue weighted by Gasteiger charge is -2.21. The second-order valence-electron chi connectivity index (χ2n) is 4.31. The van der Waals surface area contributed by atoms with Crippen molar-refractivity contribution in [1.82, 2.24) is 5.32 Å². The molecular weight excluding hydrogens is 164 g/mol. The Morgan fingerprint density at radius 3 is 2.54 bits per heavy atom. The van der Waals surface area contributed by atoms with Crippen molar-refractivity contribution < 1.29 is 4.79 Å². The smallest absolute Gasteiger partial charge is 0.240 e. The van der Waals surface area contributed by atoms with Gasteiger partial charge in [-0.2, -0.15) is 5.26 Å². The summed E-state index contributed by atoms with van der Waals surface area (Å²) >= 11 is 0. The van der Waals surface area contributed by atoms with Gasteiger partial charge in [-0.15, -0.1) is 0 Å². The number of amides is 1. The summed E-state index contributed by atoms with van der Waals surface area (Å²) in [6.07, 6.45) is 2.62. The number of nitrogens with one attached hydrogen (secondary N) is 1. The van der Waals surface area contributed by atoms with Gasteiger partial charge in [-0.1, -0.05) is 6.92 Å². The van der Waals surface area contributed by atoms with Crippen molar-refractivity contribution in [3.8, 4) is 6.07 Å². The first kappa shape index (κ1) is 10.0. The van der Waals surface area contributed by atoms with Crippen LogP contribution in [0, 0.1) is 16.7 Å². The molecule has 0 bridgehead atoms. The fourth-order valence-corrected chi connectivity index (χ4v) is 1.01. The average Bonchev–Trinajstić information content (AvgIpc) is 2.81. The predicted octanol–water partition coefficient (Wildman–Crippen LogP) is 1.59. The molecule has 1 saturated carbocycles. The van der Waals surface area contributed by atoms with Crippen molar-refractivity contribution in [2.24, 2.45) is 5.41 Å². The largest absolute Gasteiger partial charge is 0.350 e. The van der Waals surface area contributed by atoms with E-state index in [1.807, 2.05) is 13.8 Å². The lowest BCUT2D eigenvalue weighted by Crippen LogP contribution is -2.43. The van der Waals surface area contributed by atoms with E-state index in [1.54, 1.807) is 6.92 Å². The highest BCUT2D eigenvalue weighted by Crippen LogP contribution is 2.35. The molecule has 1 atom stereocenters. The maximum atomic E-state index is 11.6. The number of hydrogen-bond donors (Lipinski definition) is 1. The number of carbonyl (C=O) groups excluding carboxylic acids is 1. The van der Waals surface area contributed by atoms with Gasteiger partial charge in [0, 0.05) is 5.54 Å². The summed E-state index contributed by atoms with van der Waals surface area (Å²) in [5.41, 5.74) is -0.879. The SMILES string of the molecule is CCC(C)(C#N)C(=O)NC1(C)CC1. The van der Waals surface area contributed by atoms with Gasteiger partial charge in [0.25, 0.3) is 0 Å². The molecule has 1 amide bonds. The first-order valence-corrected chi connectivity index (χ1v) is 4.70. The van der Waals surface area contributed by atoms with Gasteiger partial charge in [-0.25, -0.2) is 0 Å². The van der Waals surface area contributed by atoms with Crippen LogP contribution in [0.3, 0.4) is 0 Å². The van der Waals surface area contributed by atoms with Gasteiger partial charge in [0.2, 0.25) is 5.91 Å². The molecule has 0 aromatic rings. The summed E-state index contributed by atoms with van der Waals surface area (Å²) in [4.78, 5) is 11.6. The summed E-state index contributed by atoms with van der Waals surface area (Å²) in [5, 5.41) is 11.8. The Balaban J connectivity index is 2.61. The standard InChI is InChI=1S/C10H16N2O/c1-4-9(2,7-11)8(13)12-10(3)5-6-10/h4-6H2,1-3H3,(H,12,13). The van der Waals surface area contributed by atoms with E-state index < -0.39 is 5.41 Å². The summed E-state index contributed by atoms with van der Waals surface area (Å²) in [7, 11) is 0. The molecule has 1 N–H and O–H groups in total. The summed E-state index contributed by atoms with van der Waals surface area (Å²) in [5.74, 6) is -0.127. The highest BCUT2D eigenvalue weighted by molar-refractivity contribution is 5.85. The van der Waals surface area contributed by atoms with E-state index in [0.717, 1.165) is 12.8 Å². The number of rotatable bonds is 3. The normalized spacial score (nSPS) is 22.6. The third-order valence-electron chi connectivity index (χ3n) is 2.87. The molecule has 72 valence electrons. The fraction of sp³-hybridized carbons (Fsp3) is 0.800. The zero-order chi connectivity index (χ0) is 10.1. The second-order valence-corrected chi connectivity index (χ2v) is 4.31. The van der Waals surface area contributed by atoms with Gasteiger partial charge >= 0.3 is 0 Å². The molecule has 1 fully saturated rings. The van der Waals surface area contributed by atoms with Gasteiger partial charge in [0.05, 0.1) is 6.07 Å². The van der Waals surface area contributed by atoms with Crippen LogP contribution in [0.1, 0.15) is 40.0 Å². The van der Waals surface area contributed by atoms with E-state index in [2.05, 4.69) is 11.4 Å². The maximum Gasteiger partial charge on any atom is 0.240 e. The zero-order valence-electron chi connectivity index (χ0n) is 8.48. The quantitative estimate of drug-likeness (QED) is 0.717. The third kappa shape index (κ3) is 2.00. The van der Waals surface area contributed by atoms with E-state index >= 15 is 0 Å². The van der Waals surface area contributed by atoms with Crippen LogP contribution in [0.2, 0.25) is 0 Å². The molecule has 0 aromatic heterocycles. The molecular formula is C10H16N2O. The van der Waals surface area contributed by atoms with Crippen molar-refractivity contribution in [3.63, 3.8) is 0 Å². The van der Waals surface area contributed by atoms with Crippen LogP contribution in [0.25, 0.3) is 0 Å². The van der Waals surface area contributed by atoms with Crippen molar-refractivity contribution in [2.75, 3.05) is 0 Å². The number of nitrogens with zero attached hydrogens (tertiary/aromatic N) is 1. The highest BCUT2D eigenvalue weighted by atomic mass is 16.2. The molecule has 0 heterocycles. The second kappa shape index (κ2) is 3.02. The lowest BCUT2D eigenvalue weighted by atomic mass is 9.88. The predicted molar refractivity (Wildman–Crippen MR) is 49.8 cm³/mol. The van der Waals surface area contributed by atoms with Crippen LogP contribution in [-0.2, 0) is 4.79 Å². The molecule has 0 radical (unpaired) electrons. The van der Waals surface area contributed by atoms with E-state index in [-0.39, 0.29) is 11.4 Å². The Hall–Kier alpha value is -1.04. The molecule has 0 aromatic carbocycles. The molecule has 1 aliphatic rings. The average molecular weight is 180 g/mol.